The number of halogens is 2. The van der Waals surface area contributed by atoms with Crippen molar-refractivity contribution in [1.29, 1.82) is 0 Å². The summed E-state index contributed by atoms with van der Waals surface area (Å²) in [5, 5.41) is 8.01. The molecule has 8 nitrogen and oxygen atoms in total. The third kappa shape index (κ3) is 14.8. The van der Waals surface area contributed by atoms with Gasteiger partial charge in [0.1, 0.15) is 17.4 Å². The van der Waals surface area contributed by atoms with Crippen LogP contribution < -0.4 is 16.0 Å². The van der Waals surface area contributed by atoms with Gasteiger partial charge in [0, 0.05) is 39.3 Å². The molecular formula is C15H28Cl2N4O4. The largest absolute Gasteiger partial charge is 0.444 e. The lowest BCUT2D eigenvalue weighted by molar-refractivity contribution is -0.119. The normalized spacial score (nSPS) is 11.1. The zero-order valence-electron chi connectivity index (χ0n) is 15.0. The number of nitrogens with one attached hydrogen (secondary N) is 3. The summed E-state index contributed by atoms with van der Waals surface area (Å²) in [6, 6.07) is 0. The Morgan fingerprint density at radius 2 is 1.24 bits per heavy atom. The van der Waals surface area contributed by atoms with E-state index in [0.29, 0.717) is 39.3 Å². The first kappa shape index (κ1) is 23.8. The van der Waals surface area contributed by atoms with Gasteiger partial charge in [-0.15, -0.1) is 23.2 Å². The number of hydrogen-bond donors (Lipinski definition) is 3. The van der Waals surface area contributed by atoms with Crippen LogP contribution in [-0.4, -0.2) is 79.4 Å². The maximum atomic E-state index is 11.6. The first-order valence-corrected chi connectivity index (χ1v) is 9.09. The lowest BCUT2D eigenvalue weighted by Gasteiger charge is -2.24. The molecule has 0 aromatic carbocycles. The van der Waals surface area contributed by atoms with Gasteiger partial charge in [-0.3, -0.25) is 14.5 Å². The molecule has 0 rings (SSSR count). The molecule has 146 valence electrons. The minimum Gasteiger partial charge on any atom is -0.444 e. The molecule has 0 fully saturated rings. The average Bonchev–Trinajstić information content (AvgIpc) is 2.52. The molecular weight excluding hydrogens is 371 g/mol. The van der Waals surface area contributed by atoms with Crippen LogP contribution in [0.25, 0.3) is 0 Å². The van der Waals surface area contributed by atoms with E-state index in [-0.39, 0.29) is 23.6 Å². The zero-order valence-corrected chi connectivity index (χ0v) is 16.5. The summed E-state index contributed by atoms with van der Waals surface area (Å²) >= 11 is 10.9. The molecule has 0 bridgehead atoms. The number of hydrogen-bond acceptors (Lipinski definition) is 5. The smallest absolute Gasteiger partial charge is 0.407 e. The van der Waals surface area contributed by atoms with Crippen molar-refractivity contribution in [3.8, 4) is 0 Å². The van der Waals surface area contributed by atoms with Crippen LogP contribution in [0.2, 0.25) is 0 Å². The van der Waals surface area contributed by atoms with Crippen LogP contribution >= 0.6 is 23.2 Å². The van der Waals surface area contributed by atoms with Gasteiger partial charge < -0.3 is 20.7 Å². The number of alkyl carbamates (subject to hydrolysis) is 1. The Labute approximate surface area is 158 Å². The maximum absolute atomic E-state index is 11.6. The van der Waals surface area contributed by atoms with Gasteiger partial charge in [-0.1, -0.05) is 0 Å². The molecule has 25 heavy (non-hydrogen) atoms. The van der Waals surface area contributed by atoms with Gasteiger partial charge in [0.15, 0.2) is 0 Å². The van der Waals surface area contributed by atoms with Crippen LogP contribution in [0.5, 0.6) is 0 Å². The molecule has 0 aliphatic rings. The van der Waals surface area contributed by atoms with Crippen molar-refractivity contribution in [2.75, 3.05) is 51.0 Å². The summed E-state index contributed by atoms with van der Waals surface area (Å²) in [7, 11) is 0. The van der Waals surface area contributed by atoms with E-state index in [1.54, 1.807) is 20.8 Å². The average molecular weight is 399 g/mol. The standard InChI is InChI=1S/C15H28Cl2N4O4/c1-15(2,3)25-14(24)20-6-9-21(7-4-18-12(22)10-16)8-5-19-13(23)11-17/h4-11H2,1-3H3,(H,18,22)(H,19,23)(H,20,24). The molecule has 3 N–H and O–H groups in total. The summed E-state index contributed by atoms with van der Waals surface area (Å²) in [4.78, 5) is 35.9. The number of ether oxygens (including phenoxy) is 1. The van der Waals surface area contributed by atoms with Crippen molar-refractivity contribution in [3.05, 3.63) is 0 Å². The van der Waals surface area contributed by atoms with Crippen molar-refractivity contribution in [1.82, 2.24) is 20.9 Å². The van der Waals surface area contributed by atoms with Gasteiger partial charge in [-0.2, -0.15) is 0 Å². The topological polar surface area (TPSA) is 99.8 Å². The summed E-state index contributed by atoms with van der Waals surface area (Å²) in [6.45, 7) is 8.22. The SMILES string of the molecule is CC(C)(C)OC(=O)NCCN(CCNC(=O)CCl)CCNC(=O)CCl. The van der Waals surface area contributed by atoms with E-state index in [2.05, 4.69) is 16.0 Å². The lowest BCUT2D eigenvalue weighted by Crippen LogP contribution is -2.43. The van der Waals surface area contributed by atoms with Gasteiger partial charge in [0.2, 0.25) is 11.8 Å². The molecule has 0 saturated heterocycles. The fourth-order valence-corrected chi connectivity index (χ4v) is 1.96. The van der Waals surface area contributed by atoms with Gasteiger partial charge in [0.25, 0.3) is 0 Å². The van der Waals surface area contributed by atoms with Crippen LogP contribution in [0.4, 0.5) is 4.79 Å². The number of carbonyl (C=O) groups is 3. The second-order valence-corrected chi connectivity index (χ2v) is 6.77. The van der Waals surface area contributed by atoms with E-state index in [1.165, 1.54) is 0 Å². The second-order valence-electron chi connectivity index (χ2n) is 6.24. The number of nitrogens with zero attached hydrogens (tertiary/aromatic N) is 1. The molecule has 0 aromatic heterocycles. The fraction of sp³-hybridized carbons (Fsp3) is 0.800. The highest BCUT2D eigenvalue weighted by atomic mass is 35.5. The van der Waals surface area contributed by atoms with E-state index in [1.807, 2.05) is 4.90 Å². The van der Waals surface area contributed by atoms with E-state index in [0.717, 1.165) is 0 Å². The van der Waals surface area contributed by atoms with E-state index in [4.69, 9.17) is 27.9 Å². The Kier molecular flexibility index (Phi) is 12.4. The second kappa shape index (κ2) is 13.0. The number of amides is 3. The summed E-state index contributed by atoms with van der Waals surface area (Å²) in [6.07, 6.45) is -0.488. The number of carbonyl (C=O) groups excluding carboxylic acids is 3. The van der Waals surface area contributed by atoms with Crippen LogP contribution in [0.15, 0.2) is 0 Å². The molecule has 0 radical (unpaired) electrons. The Morgan fingerprint density at radius 3 is 1.60 bits per heavy atom. The Balaban J connectivity index is 4.24. The van der Waals surface area contributed by atoms with Crippen LogP contribution in [0.3, 0.4) is 0 Å². The quantitative estimate of drug-likeness (QED) is 0.440. The van der Waals surface area contributed by atoms with E-state index >= 15 is 0 Å². The number of rotatable bonds is 11. The van der Waals surface area contributed by atoms with Crippen molar-refractivity contribution in [2.45, 2.75) is 26.4 Å². The molecule has 0 aliphatic carbocycles. The highest BCUT2D eigenvalue weighted by Crippen LogP contribution is 2.06. The van der Waals surface area contributed by atoms with Gasteiger partial charge in [-0.05, 0) is 20.8 Å². The van der Waals surface area contributed by atoms with Gasteiger partial charge >= 0.3 is 6.09 Å². The van der Waals surface area contributed by atoms with Crippen molar-refractivity contribution in [2.24, 2.45) is 0 Å². The molecule has 0 atom stereocenters. The maximum Gasteiger partial charge on any atom is 0.407 e. The third-order valence-corrected chi connectivity index (χ3v) is 3.32. The predicted molar refractivity (Wildman–Crippen MR) is 98.1 cm³/mol. The molecule has 0 unspecified atom stereocenters. The Morgan fingerprint density at radius 1 is 0.840 bits per heavy atom. The van der Waals surface area contributed by atoms with Crippen molar-refractivity contribution < 1.29 is 19.1 Å². The third-order valence-electron chi connectivity index (χ3n) is 2.84. The predicted octanol–water partition coefficient (Wildman–Crippen LogP) is 0.523. The minimum absolute atomic E-state index is 0.0913. The van der Waals surface area contributed by atoms with Crippen molar-refractivity contribution in [3.63, 3.8) is 0 Å². The fourth-order valence-electron chi connectivity index (χ4n) is 1.77. The molecule has 3 amide bonds. The monoisotopic (exact) mass is 398 g/mol. The van der Waals surface area contributed by atoms with Crippen molar-refractivity contribution >= 4 is 41.1 Å². The van der Waals surface area contributed by atoms with Crippen LogP contribution in [0.1, 0.15) is 20.8 Å². The highest BCUT2D eigenvalue weighted by Gasteiger charge is 2.16. The van der Waals surface area contributed by atoms with Gasteiger partial charge in [0.05, 0.1) is 0 Å². The van der Waals surface area contributed by atoms with Crippen LogP contribution in [0, 0.1) is 0 Å². The summed E-state index contributed by atoms with van der Waals surface area (Å²) in [5.74, 6) is -0.675. The first-order valence-electron chi connectivity index (χ1n) is 8.02. The van der Waals surface area contributed by atoms with E-state index in [9.17, 15) is 14.4 Å². The van der Waals surface area contributed by atoms with E-state index < -0.39 is 11.7 Å². The van der Waals surface area contributed by atoms with Crippen LogP contribution in [-0.2, 0) is 14.3 Å². The zero-order chi connectivity index (χ0) is 19.3. The minimum atomic E-state index is -0.554. The Hall–Kier alpha value is -1.25. The highest BCUT2D eigenvalue weighted by molar-refractivity contribution is 6.27. The Bertz CT molecular complexity index is 408. The summed E-state index contributed by atoms with van der Waals surface area (Å²) in [5.41, 5.74) is -0.554. The molecule has 10 heteroatoms. The van der Waals surface area contributed by atoms with Gasteiger partial charge in [-0.25, -0.2) is 4.79 Å². The molecule has 0 saturated carbocycles. The summed E-state index contributed by atoms with van der Waals surface area (Å²) < 4.78 is 5.16. The number of alkyl halides is 2. The first-order chi connectivity index (χ1) is 11.7. The molecule has 0 aromatic rings. The lowest BCUT2D eigenvalue weighted by atomic mass is 10.2. The molecule has 0 spiro atoms. The molecule has 0 aliphatic heterocycles. The molecule has 0 heterocycles.